The first-order valence-corrected chi connectivity index (χ1v) is 19.4. The predicted octanol–water partition coefficient (Wildman–Crippen LogP) is 14.8. The number of hydrogen-bond donors (Lipinski definition) is 0. The molecule has 0 N–H and O–H groups in total. The van der Waals surface area contributed by atoms with E-state index in [0.717, 1.165) is 77.3 Å². The summed E-state index contributed by atoms with van der Waals surface area (Å²) < 4.78 is 7.08. The van der Waals surface area contributed by atoms with Crippen molar-refractivity contribution in [1.29, 1.82) is 0 Å². The Balaban J connectivity index is 1.19. The first kappa shape index (κ1) is 31.7. The van der Waals surface area contributed by atoms with Crippen LogP contribution < -0.4 is 0 Å². The van der Waals surface area contributed by atoms with Gasteiger partial charge >= 0.3 is 0 Å². The van der Waals surface area contributed by atoms with Crippen LogP contribution in [0.4, 0.5) is 0 Å². The molecule has 2 heterocycles. The Morgan fingerprint density at radius 2 is 0.877 bits per heavy atom. The topological polar surface area (TPSA) is 38.9 Å². The van der Waals surface area contributed by atoms with E-state index in [0.29, 0.717) is 5.82 Å². The highest BCUT2D eigenvalue weighted by atomic mass is 16.3. The third kappa shape index (κ3) is 4.99. The molecule has 0 atom stereocenters. The number of benzene rings is 10. The first-order chi connectivity index (χ1) is 28.2. The van der Waals surface area contributed by atoms with Crippen molar-refractivity contribution in [1.82, 2.24) is 9.97 Å². The summed E-state index contributed by atoms with van der Waals surface area (Å²) in [4.78, 5) is 11.0. The predicted molar refractivity (Wildman–Crippen MR) is 239 cm³/mol. The van der Waals surface area contributed by atoms with E-state index in [2.05, 4.69) is 194 Å². The summed E-state index contributed by atoms with van der Waals surface area (Å²) in [5, 5.41) is 13.7. The van der Waals surface area contributed by atoms with Crippen LogP contribution in [0.3, 0.4) is 0 Å². The van der Waals surface area contributed by atoms with Gasteiger partial charge in [0.15, 0.2) is 5.82 Å². The van der Waals surface area contributed by atoms with E-state index in [9.17, 15) is 0 Å². The molecule has 3 heteroatoms. The van der Waals surface area contributed by atoms with Crippen molar-refractivity contribution < 1.29 is 4.42 Å². The van der Waals surface area contributed by atoms with Crippen LogP contribution in [0.15, 0.2) is 199 Å². The lowest BCUT2D eigenvalue weighted by atomic mass is 9.92. The fourth-order valence-electron chi connectivity index (χ4n) is 8.97. The second kappa shape index (κ2) is 12.5. The Kier molecular flexibility index (Phi) is 6.93. The molecule has 0 fully saturated rings. The SMILES string of the molecule is c1ccc(-c2cccc(-c3cc(-c4ccc5ccccc5c4)nc(-c4c5ccccc5cc5oc6c(ccc7c8ccccc8c8ccccc8c76)c45)n3)c2)cc1. The molecule has 10 aromatic carbocycles. The van der Waals surface area contributed by atoms with Crippen LogP contribution in [-0.4, -0.2) is 9.97 Å². The molecular formula is C54H32N2O. The van der Waals surface area contributed by atoms with Gasteiger partial charge in [-0.3, -0.25) is 0 Å². The molecule has 57 heavy (non-hydrogen) atoms. The third-order valence-corrected chi connectivity index (χ3v) is 11.6. The summed E-state index contributed by atoms with van der Waals surface area (Å²) >= 11 is 0. The molecular weight excluding hydrogens is 693 g/mol. The van der Waals surface area contributed by atoms with Gasteiger partial charge in [0, 0.05) is 32.8 Å². The molecule has 0 aliphatic rings. The van der Waals surface area contributed by atoms with Gasteiger partial charge in [-0.25, -0.2) is 9.97 Å². The van der Waals surface area contributed by atoms with E-state index in [-0.39, 0.29) is 0 Å². The van der Waals surface area contributed by atoms with Gasteiger partial charge in [0.25, 0.3) is 0 Å². The average Bonchev–Trinajstić information content (AvgIpc) is 3.66. The Hall–Kier alpha value is -7.62. The largest absolute Gasteiger partial charge is 0.455 e. The van der Waals surface area contributed by atoms with E-state index in [1.807, 2.05) is 0 Å². The molecule has 0 aliphatic carbocycles. The van der Waals surface area contributed by atoms with Gasteiger partial charge in [-0.15, -0.1) is 0 Å². The molecule has 0 amide bonds. The zero-order chi connectivity index (χ0) is 37.5. The van der Waals surface area contributed by atoms with Crippen molar-refractivity contribution in [2.45, 2.75) is 0 Å². The highest BCUT2D eigenvalue weighted by Crippen LogP contribution is 2.46. The van der Waals surface area contributed by atoms with Gasteiger partial charge in [0.2, 0.25) is 0 Å². The number of hydrogen-bond acceptors (Lipinski definition) is 3. The normalized spacial score (nSPS) is 11.9. The van der Waals surface area contributed by atoms with E-state index >= 15 is 0 Å². The van der Waals surface area contributed by atoms with Crippen molar-refractivity contribution in [2.24, 2.45) is 0 Å². The lowest BCUT2D eigenvalue weighted by Crippen LogP contribution is -1.97. The molecule has 264 valence electrons. The zero-order valence-corrected chi connectivity index (χ0v) is 30.8. The number of nitrogens with zero attached hydrogens (tertiary/aromatic N) is 2. The van der Waals surface area contributed by atoms with Gasteiger partial charge in [-0.2, -0.15) is 0 Å². The highest BCUT2D eigenvalue weighted by Gasteiger charge is 2.23. The molecule has 0 saturated carbocycles. The number of rotatable bonds is 4. The van der Waals surface area contributed by atoms with Crippen molar-refractivity contribution >= 4 is 75.8 Å². The standard InChI is InChI=1S/C54H32N2O/c1-2-13-33(14-3-1)36-18-12-19-38(29-36)47-32-48(39-26-25-34-15-4-5-16-35(34)30-39)56-54(55-47)52-40-20-7-6-17-37(40)31-49-51(52)46-28-27-45-43-23-9-8-21-41(43)42-22-10-11-24-44(42)50(45)53(46)57-49/h1-32H. The Labute approximate surface area is 328 Å². The minimum Gasteiger partial charge on any atom is -0.455 e. The lowest BCUT2D eigenvalue weighted by Gasteiger charge is -2.13. The summed E-state index contributed by atoms with van der Waals surface area (Å²) in [6.45, 7) is 0. The lowest BCUT2D eigenvalue weighted by molar-refractivity contribution is 0.673. The van der Waals surface area contributed by atoms with Gasteiger partial charge in [0.1, 0.15) is 11.2 Å². The number of furan rings is 1. The fourth-order valence-corrected chi connectivity index (χ4v) is 8.97. The fraction of sp³-hybridized carbons (Fsp3) is 0. The van der Waals surface area contributed by atoms with Gasteiger partial charge < -0.3 is 4.42 Å². The second-order valence-corrected chi connectivity index (χ2v) is 14.9. The molecule has 0 spiro atoms. The van der Waals surface area contributed by atoms with Crippen LogP contribution in [0.1, 0.15) is 0 Å². The van der Waals surface area contributed by atoms with E-state index in [1.54, 1.807) is 0 Å². The molecule has 0 bridgehead atoms. The van der Waals surface area contributed by atoms with Crippen LogP contribution in [-0.2, 0) is 0 Å². The third-order valence-electron chi connectivity index (χ3n) is 11.6. The monoisotopic (exact) mass is 724 g/mol. The maximum absolute atomic E-state index is 7.08. The van der Waals surface area contributed by atoms with Crippen molar-refractivity contribution in [3.63, 3.8) is 0 Å². The van der Waals surface area contributed by atoms with Crippen LogP contribution in [0.5, 0.6) is 0 Å². The van der Waals surface area contributed by atoms with Gasteiger partial charge in [0.05, 0.1) is 11.4 Å². The molecule has 0 radical (unpaired) electrons. The quantitative estimate of drug-likeness (QED) is 0.170. The van der Waals surface area contributed by atoms with Crippen LogP contribution in [0.25, 0.3) is 121 Å². The minimum absolute atomic E-state index is 0.661. The van der Waals surface area contributed by atoms with E-state index in [1.165, 1.54) is 37.7 Å². The van der Waals surface area contributed by atoms with Crippen LogP contribution >= 0.6 is 0 Å². The summed E-state index contributed by atoms with van der Waals surface area (Å²) in [5.74, 6) is 0.661. The number of fused-ring (bicyclic) bond motifs is 12. The smallest absolute Gasteiger partial charge is 0.161 e. The van der Waals surface area contributed by atoms with Crippen molar-refractivity contribution in [3.05, 3.63) is 194 Å². The maximum Gasteiger partial charge on any atom is 0.161 e. The molecule has 12 rings (SSSR count). The zero-order valence-electron chi connectivity index (χ0n) is 30.8. The summed E-state index contributed by atoms with van der Waals surface area (Å²) in [7, 11) is 0. The summed E-state index contributed by atoms with van der Waals surface area (Å²) in [5.41, 5.74) is 8.75. The van der Waals surface area contributed by atoms with Gasteiger partial charge in [-0.1, -0.05) is 164 Å². The first-order valence-electron chi connectivity index (χ1n) is 19.4. The Morgan fingerprint density at radius 3 is 1.65 bits per heavy atom. The van der Waals surface area contributed by atoms with E-state index < -0.39 is 0 Å². The molecule has 3 nitrogen and oxygen atoms in total. The highest BCUT2D eigenvalue weighted by molar-refractivity contribution is 6.33. The van der Waals surface area contributed by atoms with Crippen molar-refractivity contribution in [2.75, 3.05) is 0 Å². The number of aromatic nitrogens is 2. The Bertz CT molecular complexity index is 3550. The van der Waals surface area contributed by atoms with Crippen LogP contribution in [0.2, 0.25) is 0 Å². The van der Waals surface area contributed by atoms with Crippen LogP contribution in [0, 0.1) is 0 Å². The van der Waals surface area contributed by atoms with Crippen molar-refractivity contribution in [3.8, 4) is 45.0 Å². The maximum atomic E-state index is 7.08. The Morgan fingerprint density at radius 1 is 0.316 bits per heavy atom. The molecule has 0 aliphatic heterocycles. The summed E-state index contributed by atoms with van der Waals surface area (Å²) in [6, 6.07) is 69.0. The molecule has 2 aromatic heterocycles. The van der Waals surface area contributed by atoms with Gasteiger partial charge in [-0.05, 0) is 89.9 Å². The average molecular weight is 725 g/mol. The summed E-state index contributed by atoms with van der Waals surface area (Å²) in [6.07, 6.45) is 0. The molecule has 0 saturated heterocycles. The van der Waals surface area contributed by atoms with E-state index in [4.69, 9.17) is 14.4 Å². The second-order valence-electron chi connectivity index (χ2n) is 14.9. The molecule has 0 unspecified atom stereocenters. The minimum atomic E-state index is 0.661. The molecule has 12 aromatic rings.